The summed E-state index contributed by atoms with van der Waals surface area (Å²) in [6, 6.07) is 0. The number of likely N-dealkylation sites (tertiary alicyclic amines) is 1. The third kappa shape index (κ3) is 2.95. The molecule has 4 nitrogen and oxygen atoms in total. The highest BCUT2D eigenvalue weighted by Gasteiger charge is 2.26. The standard InChI is InChI=1S/C12H22N2O2/c1-10-7-13(8-11(2)16-10)9-12(15)14-5-3-4-6-14/h10-11H,3-9H2,1-2H3. The molecule has 0 aromatic carbocycles. The number of hydrogen-bond acceptors (Lipinski definition) is 3. The zero-order chi connectivity index (χ0) is 11.5. The van der Waals surface area contributed by atoms with Crippen LogP contribution in [0.25, 0.3) is 0 Å². The first-order valence-corrected chi connectivity index (χ1v) is 6.31. The van der Waals surface area contributed by atoms with E-state index in [1.165, 1.54) is 12.8 Å². The summed E-state index contributed by atoms with van der Waals surface area (Å²) >= 11 is 0. The maximum Gasteiger partial charge on any atom is 0.236 e. The van der Waals surface area contributed by atoms with Gasteiger partial charge in [-0.25, -0.2) is 0 Å². The van der Waals surface area contributed by atoms with E-state index in [1.54, 1.807) is 0 Å². The van der Waals surface area contributed by atoms with Gasteiger partial charge in [0, 0.05) is 26.2 Å². The Morgan fingerprint density at radius 2 is 1.75 bits per heavy atom. The zero-order valence-corrected chi connectivity index (χ0v) is 10.3. The van der Waals surface area contributed by atoms with Crippen LogP contribution in [0.2, 0.25) is 0 Å². The van der Waals surface area contributed by atoms with Crippen molar-refractivity contribution in [2.45, 2.75) is 38.9 Å². The second-order valence-corrected chi connectivity index (χ2v) is 5.04. The van der Waals surface area contributed by atoms with Crippen molar-refractivity contribution in [3.8, 4) is 0 Å². The van der Waals surface area contributed by atoms with Crippen LogP contribution in [0.4, 0.5) is 0 Å². The molecule has 2 saturated heterocycles. The number of ether oxygens (including phenoxy) is 1. The monoisotopic (exact) mass is 226 g/mol. The van der Waals surface area contributed by atoms with E-state index in [2.05, 4.69) is 18.7 Å². The Labute approximate surface area is 97.5 Å². The van der Waals surface area contributed by atoms with Crippen molar-refractivity contribution in [3.05, 3.63) is 0 Å². The van der Waals surface area contributed by atoms with E-state index in [0.29, 0.717) is 12.5 Å². The minimum absolute atomic E-state index is 0.245. The van der Waals surface area contributed by atoms with Crippen LogP contribution in [-0.2, 0) is 9.53 Å². The number of carbonyl (C=O) groups excluding carboxylic acids is 1. The van der Waals surface area contributed by atoms with Crippen molar-refractivity contribution < 1.29 is 9.53 Å². The molecule has 0 aromatic rings. The third-order valence-corrected chi connectivity index (χ3v) is 3.31. The summed E-state index contributed by atoms with van der Waals surface area (Å²) in [5.74, 6) is 0.291. The molecule has 4 heteroatoms. The largest absolute Gasteiger partial charge is 0.373 e. The molecule has 2 unspecified atom stereocenters. The number of amides is 1. The summed E-state index contributed by atoms with van der Waals surface area (Å²) in [6.07, 6.45) is 2.83. The minimum Gasteiger partial charge on any atom is -0.373 e. The number of morpholine rings is 1. The first-order chi connectivity index (χ1) is 7.65. The molecule has 0 spiro atoms. The summed E-state index contributed by atoms with van der Waals surface area (Å²) in [5, 5.41) is 0. The summed E-state index contributed by atoms with van der Waals surface area (Å²) in [4.78, 5) is 16.2. The maximum absolute atomic E-state index is 12.0. The lowest BCUT2D eigenvalue weighted by molar-refractivity contribution is -0.134. The smallest absolute Gasteiger partial charge is 0.236 e. The molecule has 2 aliphatic rings. The number of hydrogen-bond donors (Lipinski definition) is 0. The SMILES string of the molecule is CC1CN(CC(=O)N2CCCC2)CC(C)O1. The summed E-state index contributed by atoms with van der Waals surface area (Å²) < 4.78 is 5.66. The fourth-order valence-electron chi connectivity index (χ4n) is 2.67. The Kier molecular flexibility index (Phi) is 3.82. The Morgan fingerprint density at radius 3 is 2.31 bits per heavy atom. The van der Waals surface area contributed by atoms with E-state index in [4.69, 9.17) is 4.74 Å². The molecule has 2 rings (SSSR count). The van der Waals surface area contributed by atoms with Crippen molar-refractivity contribution in [1.82, 2.24) is 9.80 Å². The molecule has 0 radical (unpaired) electrons. The molecule has 0 saturated carbocycles. The fraction of sp³-hybridized carbons (Fsp3) is 0.917. The molecule has 92 valence electrons. The molecule has 16 heavy (non-hydrogen) atoms. The van der Waals surface area contributed by atoms with Crippen molar-refractivity contribution in [3.63, 3.8) is 0 Å². The van der Waals surface area contributed by atoms with Crippen LogP contribution in [0, 0.1) is 0 Å². The molecule has 0 bridgehead atoms. The van der Waals surface area contributed by atoms with Crippen LogP contribution in [0.5, 0.6) is 0 Å². The van der Waals surface area contributed by atoms with Crippen molar-refractivity contribution in [1.29, 1.82) is 0 Å². The first kappa shape index (κ1) is 11.9. The van der Waals surface area contributed by atoms with Gasteiger partial charge in [-0.05, 0) is 26.7 Å². The van der Waals surface area contributed by atoms with Crippen LogP contribution in [0.1, 0.15) is 26.7 Å². The first-order valence-electron chi connectivity index (χ1n) is 6.31. The summed E-state index contributed by atoms with van der Waals surface area (Å²) in [5.41, 5.74) is 0. The number of carbonyl (C=O) groups is 1. The molecule has 2 atom stereocenters. The lowest BCUT2D eigenvalue weighted by Crippen LogP contribution is -2.49. The number of nitrogens with zero attached hydrogens (tertiary/aromatic N) is 2. The van der Waals surface area contributed by atoms with Gasteiger partial charge in [0.05, 0.1) is 18.8 Å². The highest BCUT2D eigenvalue weighted by molar-refractivity contribution is 5.78. The lowest BCUT2D eigenvalue weighted by atomic mass is 10.2. The lowest BCUT2D eigenvalue weighted by Gasteiger charge is -2.35. The second kappa shape index (κ2) is 5.15. The summed E-state index contributed by atoms with van der Waals surface area (Å²) in [6.45, 7) is 8.38. The number of rotatable bonds is 2. The van der Waals surface area contributed by atoms with Gasteiger partial charge in [0.15, 0.2) is 0 Å². The van der Waals surface area contributed by atoms with E-state index in [9.17, 15) is 4.79 Å². The summed E-state index contributed by atoms with van der Waals surface area (Å²) in [7, 11) is 0. The van der Waals surface area contributed by atoms with Crippen molar-refractivity contribution >= 4 is 5.91 Å². The van der Waals surface area contributed by atoms with Gasteiger partial charge in [-0.3, -0.25) is 9.69 Å². The quantitative estimate of drug-likeness (QED) is 0.695. The Hall–Kier alpha value is -0.610. The second-order valence-electron chi connectivity index (χ2n) is 5.04. The van der Waals surface area contributed by atoms with Gasteiger partial charge in [0.1, 0.15) is 0 Å². The predicted octanol–water partition coefficient (Wildman–Crippen LogP) is 0.718. The van der Waals surface area contributed by atoms with Crippen molar-refractivity contribution in [2.75, 3.05) is 32.7 Å². The predicted molar refractivity (Wildman–Crippen MR) is 62.3 cm³/mol. The molecule has 1 amide bonds. The molecule has 2 fully saturated rings. The van der Waals surface area contributed by atoms with Crippen LogP contribution >= 0.6 is 0 Å². The van der Waals surface area contributed by atoms with Crippen molar-refractivity contribution in [2.24, 2.45) is 0 Å². The normalized spacial score (nSPS) is 32.0. The fourth-order valence-corrected chi connectivity index (χ4v) is 2.67. The van der Waals surface area contributed by atoms with Gasteiger partial charge in [0.2, 0.25) is 5.91 Å². The maximum atomic E-state index is 12.0. The third-order valence-electron chi connectivity index (χ3n) is 3.31. The molecule has 0 aromatic heterocycles. The highest BCUT2D eigenvalue weighted by Crippen LogP contribution is 2.12. The Bertz CT molecular complexity index is 241. The highest BCUT2D eigenvalue weighted by atomic mass is 16.5. The average molecular weight is 226 g/mol. The minimum atomic E-state index is 0.245. The topological polar surface area (TPSA) is 32.8 Å². The van der Waals surface area contributed by atoms with E-state index < -0.39 is 0 Å². The van der Waals surface area contributed by atoms with Crippen LogP contribution in [0.3, 0.4) is 0 Å². The van der Waals surface area contributed by atoms with Crippen LogP contribution in [0.15, 0.2) is 0 Å². The molecule has 2 aliphatic heterocycles. The Balaban J connectivity index is 1.81. The molecule has 0 aliphatic carbocycles. The Morgan fingerprint density at radius 1 is 1.19 bits per heavy atom. The van der Waals surface area contributed by atoms with E-state index in [-0.39, 0.29) is 12.2 Å². The molecular formula is C12H22N2O2. The van der Waals surface area contributed by atoms with Gasteiger partial charge >= 0.3 is 0 Å². The van der Waals surface area contributed by atoms with Gasteiger partial charge in [-0.1, -0.05) is 0 Å². The van der Waals surface area contributed by atoms with Crippen LogP contribution in [-0.4, -0.2) is 60.6 Å². The average Bonchev–Trinajstić information content (AvgIpc) is 2.68. The van der Waals surface area contributed by atoms with Gasteiger partial charge < -0.3 is 9.64 Å². The molecular weight excluding hydrogens is 204 g/mol. The van der Waals surface area contributed by atoms with Gasteiger partial charge in [-0.15, -0.1) is 0 Å². The van der Waals surface area contributed by atoms with E-state index >= 15 is 0 Å². The van der Waals surface area contributed by atoms with Gasteiger partial charge in [0.25, 0.3) is 0 Å². The molecule has 2 heterocycles. The van der Waals surface area contributed by atoms with Crippen LogP contribution < -0.4 is 0 Å². The zero-order valence-electron chi connectivity index (χ0n) is 10.3. The van der Waals surface area contributed by atoms with Gasteiger partial charge in [-0.2, -0.15) is 0 Å². The molecule has 0 N–H and O–H groups in total. The van der Waals surface area contributed by atoms with E-state index in [0.717, 1.165) is 26.2 Å². The van der Waals surface area contributed by atoms with E-state index in [1.807, 2.05) is 4.90 Å².